The van der Waals surface area contributed by atoms with Crippen LogP contribution in [-0.2, 0) is 4.79 Å². The molecule has 0 aliphatic carbocycles. The fraction of sp³-hybridized carbons (Fsp3) is 0.286. The van der Waals surface area contributed by atoms with Gasteiger partial charge in [0.15, 0.2) is 0 Å². The number of rotatable bonds is 3. The van der Waals surface area contributed by atoms with Crippen LogP contribution in [0.1, 0.15) is 13.3 Å². The first-order valence-corrected chi connectivity index (χ1v) is 2.94. The van der Waals surface area contributed by atoms with Crippen molar-refractivity contribution in [2.75, 3.05) is 0 Å². The molecule has 0 aliphatic rings. The van der Waals surface area contributed by atoms with Crippen LogP contribution in [0, 0.1) is 0 Å². The molecule has 0 saturated heterocycles. The quantitative estimate of drug-likeness (QED) is 0.452. The smallest absolute Gasteiger partial charge is 0.244 e. The standard InChI is InChI=1S/C7H11NO2/c1-6(7(8)10)4-2-3-5-9/h3-5,9H,2H2,1H3,(H2,8,10). The van der Waals surface area contributed by atoms with Gasteiger partial charge in [-0.2, -0.15) is 0 Å². The fourth-order valence-corrected chi connectivity index (χ4v) is 0.406. The van der Waals surface area contributed by atoms with E-state index in [4.69, 9.17) is 10.8 Å². The first-order valence-electron chi connectivity index (χ1n) is 2.94. The van der Waals surface area contributed by atoms with Gasteiger partial charge in [-0.25, -0.2) is 0 Å². The minimum absolute atomic E-state index is 0.425. The van der Waals surface area contributed by atoms with Gasteiger partial charge < -0.3 is 10.8 Å². The van der Waals surface area contributed by atoms with Crippen molar-refractivity contribution in [1.82, 2.24) is 0 Å². The largest absolute Gasteiger partial charge is 0.516 e. The Hall–Kier alpha value is -1.25. The number of carbonyl (C=O) groups excluding carboxylic acids is 1. The lowest BCUT2D eigenvalue weighted by Gasteiger charge is -1.89. The molecule has 3 nitrogen and oxygen atoms in total. The summed E-state index contributed by atoms with van der Waals surface area (Å²) < 4.78 is 0. The summed E-state index contributed by atoms with van der Waals surface area (Å²) in [5, 5.41) is 8.19. The van der Waals surface area contributed by atoms with Crippen molar-refractivity contribution < 1.29 is 9.90 Å². The van der Waals surface area contributed by atoms with Gasteiger partial charge in [0, 0.05) is 5.57 Å². The molecule has 0 rings (SSSR count). The molecule has 0 aliphatic heterocycles. The van der Waals surface area contributed by atoms with Crippen molar-refractivity contribution in [2.45, 2.75) is 13.3 Å². The summed E-state index contributed by atoms with van der Waals surface area (Å²) in [7, 11) is 0. The highest BCUT2D eigenvalue weighted by Crippen LogP contribution is 1.93. The van der Waals surface area contributed by atoms with Gasteiger partial charge in [0.2, 0.25) is 5.91 Å². The van der Waals surface area contributed by atoms with Crippen LogP contribution in [0.25, 0.3) is 0 Å². The molecule has 56 valence electrons. The van der Waals surface area contributed by atoms with Crippen molar-refractivity contribution >= 4 is 5.91 Å². The Balaban J connectivity index is 3.80. The van der Waals surface area contributed by atoms with Gasteiger partial charge in [-0.1, -0.05) is 6.08 Å². The van der Waals surface area contributed by atoms with Gasteiger partial charge in [-0.05, 0) is 19.4 Å². The molecule has 10 heavy (non-hydrogen) atoms. The van der Waals surface area contributed by atoms with E-state index in [1.165, 1.54) is 6.08 Å². The molecule has 0 atom stereocenters. The molecule has 0 saturated carbocycles. The van der Waals surface area contributed by atoms with E-state index in [0.29, 0.717) is 12.0 Å². The third kappa shape index (κ3) is 3.72. The summed E-state index contributed by atoms with van der Waals surface area (Å²) >= 11 is 0. The predicted octanol–water partition coefficient (Wildman–Crippen LogP) is 0.880. The lowest BCUT2D eigenvalue weighted by atomic mass is 10.2. The maximum atomic E-state index is 10.4. The number of nitrogens with two attached hydrogens (primary N) is 1. The second kappa shape index (κ2) is 4.61. The minimum Gasteiger partial charge on any atom is -0.516 e. The number of primary amides is 1. The zero-order chi connectivity index (χ0) is 7.98. The van der Waals surface area contributed by atoms with E-state index in [9.17, 15) is 4.79 Å². The Morgan fingerprint density at radius 2 is 2.30 bits per heavy atom. The molecule has 0 unspecified atom stereocenters. The molecule has 0 aromatic carbocycles. The van der Waals surface area contributed by atoms with Crippen LogP contribution in [0.2, 0.25) is 0 Å². The predicted molar refractivity (Wildman–Crippen MR) is 39.3 cm³/mol. The zero-order valence-corrected chi connectivity index (χ0v) is 5.87. The molecule has 0 radical (unpaired) electrons. The summed E-state index contributed by atoms with van der Waals surface area (Å²) in [6.07, 6.45) is 4.64. The van der Waals surface area contributed by atoms with Crippen LogP contribution in [0.5, 0.6) is 0 Å². The Kier molecular flexibility index (Phi) is 4.04. The van der Waals surface area contributed by atoms with Crippen molar-refractivity contribution in [3.05, 3.63) is 24.0 Å². The summed E-state index contributed by atoms with van der Waals surface area (Å²) in [4.78, 5) is 10.4. The average molecular weight is 141 g/mol. The molecule has 0 spiro atoms. The Bertz CT molecular complexity index is 170. The SMILES string of the molecule is CC(=CCC=CO)C(N)=O. The fourth-order valence-electron chi connectivity index (χ4n) is 0.406. The Labute approximate surface area is 59.8 Å². The molecular formula is C7H11NO2. The summed E-state index contributed by atoms with van der Waals surface area (Å²) in [5.41, 5.74) is 5.44. The number of aliphatic hydroxyl groups excluding tert-OH is 1. The van der Waals surface area contributed by atoms with E-state index in [0.717, 1.165) is 6.26 Å². The second-order valence-electron chi connectivity index (χ2n) is 1.87. The molecule has 3 heteroatoms. The van der Waals surface area contributed by atoms with E-state index in [1.807, 2.05) is 0 Å². The van der Waals surface area contributed by atoms with Crippen LogP contribution >= 0.6 is 0 Å². The maximum absolute atomic E-state index is 10.4. The molecule has 0 aromatic rings. The zero-order valence-electron chi connectivity index (χ0n) is 5.87. The number of carbonyl (C=O) groups is 1. The van der Waals surface area contributed by atoms with Gasteiger partial charge in [0.1, 0.15) is 0 Å². The second-order valence-corrected chi connectivity index (χ2v) is 1.87. The van der Waals surface area contributed by atoms with Gasteiger partial charge in [-0.3, -0.25) is 4.79 Å². The number of hydrogen-bond donors (Lipinski definition) is 2. The minimum atomic E-state index is -0.425. The van der Waals surface area contributed by atoms with Gasteiger partial charge in [0.05, 0.1) is 6.26 Å². The van der Waals surface area contributed by atoms with E-state index in [2.05, 4.69) is 0 Å². The van der Waals surface area contributed by atoms with Gasteiger partial charge in [-0.15, -0.1) is 0 Å². The number of hydrogen-bond acceptors (Lipinski definition) is 2. The van der Waals surface area contributed by atoms with Crippen molar-refractivity contribution in [3.8, 4) is 0 Å². The molecular weight excluding hydrogens is 130 g/mol. The lowest BCUT2D eigenvalue weighted by Crippen LogP contribution is -2.11. The van der Waals surface area contributed by atoms with Crippen molar-refractivity contribution in [3.63, 3.8) is 0 Å². The average Bonchev–Trinajstić information content (AvgIpc) is 1.88. The van der Waals surface area contributed by atoms with Crippen molar-refractivity contribution in [2.24, 2.45) is 5.73 Å². The normalized spacial score (nSPS) is 12.3. The monoisotopic (exact) mass is 141 g/mol. The van der Waals surface area contributed by atoms with Crippen LogP contribution in [0.3, 0.4) is 0 Å². The maximum Gasteiger partial charge on any atom is 0.244 e. The molecule has 0 aromatic heterocycles. The summed E-state index contributed by atoms with van der Waals surface area (Å²) in [6.45, 7) is 1.63. The third-order valence-electron chi connectivity index (χ3n) is 1.05. The van der Waals surface area contributed by atoms with E-state index >= 15 is 0 Å². The van der Waals surface area contributed by atoms with E-state index in [1.54, 1.807) is 13.0 Å². The Morgan fingerprint density at radius 1 is 1.70 bits per heavy atom. The van der Waals surface area contributed by atoms with Crippen LogP contribution in [0.15, 0.2) is 24.0 Å². The lowest BCUT2D eigenvalue weighted by molar-refractivity contribution is -0.114. The summed E-state index contributed by atoms with van der Waals surface area (Å²) in [5.74, 6) is -0.425. The van der Waals surface area contributed by atoms with Crippen LogP contribution in [-0.4, -0.2) is 11.0 Å². The number of aliphatic hydroxyl groups is 1. The molecule has 0 bridgehead atoms. The van der Waals surface area contributed by atoms with E-state index < -0.39 is 5.91 Å². The number of amides is 1. The van der Waals surface area contributed by atoms with E-state index in [-0.39, 0.29) is 0 Å². The first-order chi connectivity index (χ1) is 4.68. The van der Waals surface area contributed by atoms with Crippen LogP contribution < -0.4 is 5.73 Å². The number of allylic oxidation sites excluding steroid dienone is 2. The van der Waals surface area contributed by atoms with Crippen LogP contribution in [0.4, 0.5) is 0 Å². The van der Waals surface area contributed by atoms with Gasteiger partial charge >= 0.3 is 0 Å². The highest BCUT2D eigenvalue weighted by atomic mass is 16.2. The molecule has 0 heterocycles. The topological polar surface area (TPSA) is 63.3 Å². The molecule has 3 N–H and O–H groups in total. The Morgan fingerprint density at radius 3 is 2.70 bits per heavy atom. The highest BCUT2D eigenvalue weighted by molar-refractivity contribution is 5.91. The highest BCUT2D eigenvalue weighted by Gasteiger charge is 1.92. The first kappa shape index (κ1) is 8.75. The third-order valence-corrected chi connectivity index (χ3v) is 1.05. The van der Waals surface area contributed by atoms with Gasteiger partial charge in [0.25, 0.3) is 0 Å². The molecule has 1 amide bonds. The molecule has 0 fully saturated rings. The summed E-state index contributed by atoms with van der Waals surface area (Å²) in [6, 6.07) is 0. The van der Waals surface area contributed by atoms with Crippen molar-refractivity contribution in [1.29, 1.82) is 0 Å².